The fourth-order valence-electron chi connectivity index (χ4n) is 17.8. The molecule has 0 atom stereocenters. The van der Waals surface area contributed by atoms with Crippen molar-refractivity contribution in [2.45, 2.75) is 52.4 Å². The molecule has 0 fully saturated rings. The SMILES string of the molecule is CC(C)(C)c1ccc2c(c1)c1cc(C(C)(C)C)ccc1n2-c1ccc2c(c1)N(c1ccccc1-c1ccccc1)c1cc(-c3cc4c5c(c3)Oc3ccccc3B5c3ccccc3O4)cc3c1B2c1ccc(-n2c4ccccc4c4ccccc42)cc1N3c1cc(-c2ccccc2)cc(-c2ccccc2)c1. The number of ether oxygens (including phenoxy) is 2. The van der Waals surface area contributed by atoms with E-state index in [0.717, 1.165) is 140 Å². The van der Waals surface area contributed by atoms with Crippen LogP contribution in [0, 0.1) is 0 Å². The van der Waals surface area contributed by atoms with Gasteiger partial charge in [0.15, 0.2) is 0 Å². The standard InChI is InChI=1S/C98H72B2N4O2/c1-97(2,3)68-42-48-85-76(57-68)77-58-69(98(4,5)6)43-49-86(77)102(85)71-45-47-79-88(60-71)104(82-37-21-16-32-73(82)63-30-14-9-15-31-63)90-54-66(67-55-93-96-94(56-67)106-92-41-25-20-36-81(92)100(96)80-35-19-24-40-91(80)105-93)53-89-95(90)99(79)78-46-44-70(101-83-38-22-17-33-74(83)75-34-18-23-39-84(75)101)59-87(78)103(89)72-51-64(61-26-10-7-11-27-61)50-65(52-72)62-28-12-8-13-29-62/h7-60H,1-6H3. The zero-order chi connectivity index (χ0) is 70.8. The van der Waals surface area contributed by atoms with E-state index < -0.39 is 0 Å². The van der Waals surface area contributed by atoms with E-state index in [1.807, 2.05) is 0 Å². The molecular weight excluding hydrogens is 1290 g/mol. The lowest BCUT2D eigenvalue weighted by Gasteiger charge is -2.45. The average Bonchev–Trinajstić information content (AvgIpc) is 0.717. The van der Waals surface area contributed by atoms with Crippen molar-refractivity contribution < 1.29 is 9.47 Å². The number of para-hydroxylation sites is 5. The largest absolute Gasteiger partial charge is 0.458 e. The van der Waals surface area contributed by atoms with E-state index >= 15 is 0 Å². The highest BCUT2D eigenvalue weighted by Gasteiger charge is 2.46. The van der Waals surface area contributed by atoms with E-state index in [2.05, 4.69) is 388 Å². The number of hydrogen-bond acceptors (Lipinski definition) is 4. The first-order chi connectivity index (χ1) is 51.8. The highest BCUT2D eigenvalue weighted by molar-refractivity contribution is 7.00. The zero-order valence-electron chi connectivity index (χ0n) is 59.9. The van der Waals surface area contributed by atoms with E-state index in [1.165, 1.54) is 60.1 Å². The Balaban J connectivity index is 0.899. The Hall–Kier alpha value is -12.8. The Kier molecular flexibility index (Phi) is 13.6. The number of rotatable bonds is 8. The third kappa shape index (κ3) is 9.59. The average molecular weight is 1360 g/mol. The lowest BCUT2D eigenvalue weighted by Crippen LogP contribution is -2.61. The number of nitrogens with zero attached hydrogens (tertiary/aromatic N) is 4. The van der Waals surface area contributed by atoms with Crippen LogP contribution in [-0.2, 0) is 10.8 Å². The van der Waals surface area contributed by atoms with E-state index in [1.54, 1.807) is 0 Å². The first kappa shape index (κ1) is 61.9. The molecule has 8 heteroatoms. The number of anilines is 6. The summed E-state index contributed by atoms with van der Waals surface area (Å²) in [6.45, 7) is 13.6. The molecule has 0 unspecified atom stereocenters. The summed E-state index contributed by atoms with van der Waals surface area (Å²) in [4.78, 5) is 5.23. The molecule has 21 rings (SSSR count). The van der Waals surface area contributed by atoms with Crippen LogP contribution in [-0.4, -0.2) is 22.6 Å². The van der Waals surface area contributed by atoms with Crippen molar-refractivity contribution in [3.8, 4) is 78.9 Å². The van der Waals surface area contributed by atoms with E-state index in [0.29, 0.717) is 0 Å². The van der Waals surface area contributed by atoms with Gasteiger partial charge in [0.25, 0.3) is 13.4 Å². The van der Waals surface area contributed by atoms with Crippen LogP contribution in [0.3, 0.4) is 0 Å². The molecule has 4 aliphatic rings. The van der Waals surface area contributed by atoms with E-state index in [4.69, 9.17) is 9.47 Å². The van der Waals surface area contributed by atoms with Crippen LogP contribution < -0.4 is 52.1 Å². The Morgan fingerprint density at radius 1 is 0.245 bits per heavy atom. The van der Waals surface area contributed by atoms with Gasteiger partial charge in [-0.1, -0.05) is 248 Å². The molecule has 0 saturated carbocycles. The van der Waals surface area contributed by atoms with Crippen molar-refractivity contribution in [2.75, 3.05) is 9.80 Å². The van der Waals surface area contributed by atoms with Crippen LogP contribution in [0.5, 0.6) is 23.0 Å². The lowest BCUT2D eigenvalue weighted by molar-refractivity contribution is 0.465. The summed E-state index contributed by atoms with van der Waals surface area (Å²) >= 11 is 0. The third-order valence-corrected chi connectivity index (χ3v) is 22.9. The molecule has 0 bridgehead atoms. The van der Waals surface area contributed by atoms with Gasteiger partial charge in [-0.25, -0.2) is 0 Å². The van der Waals surface area contributed by atoms with E-state index in [-0.39, 0.29) is 24.3 Å². The van der Waals surface area contributed by atoms with Gasteiger partial charge in [0.05, 0.1) is 27.8 Å². The third-order valence-electron chi connectivity index (χ3n) is 22.9. The minimum Gasteiger partial charge on any atom is -0.458 e. The van der Waals surface area contributed by atoms with Gasteiger partial charge in [0, 0.05) is 72.4 Å². The van der Waals surface area contributed by atoms with Gasteiger partial charge in [0.2, 0.25) is 0 Å². The fourth-order valence-corrected chi connectivity index (χ4v) is 17.8. The summed E-state index contributed by atoms with van der Waals surface area (Å²) in [7, 11) is 0. The van der Waals surface area contributed by atoms with Crippen molar-refractivity contribution in [3.05, 3.63) is 339 Å². The molecule has 6 nitrogen and oxygen atoms in total. The normalized spacial score (nSPS) is 13.3. The quantitative estimate of drug-likeness (QED) is 0.142. The number of hydrogen-bond donors (Lipinski definition) is 0. The van der Waals surface area contributed by atoms with Crippen LogP contribution in [0.15, 0.2) is 328 Å². The predicted octanol–water partition coefficient (Wildman–Crippen LogP) is 22.0. The molecule has 0 saturated heterocycles. The van der Waals surface area contributed by atoms with Gasteiger partial charge in [-0.2, -0.15) is 0 Å². The van der Waals surface area contributed by atoms with Gasteiger partial charge >= 0.3 is 0 Å². The van der Waals surface area contributed by atoms with Gasteiger partial charge in [-0.3, -0.25) is 0 Å². The second kappa shape index (κ2) is 23.4. The zero-order valence-corrected chi connectivity index (χ0v) is 59.9. The lowest BCUT2D eigenvalue weighted by atomic mass is 9.33. The molecule has 0 radical (unpaired) electrons. The molecule has 0 amide bonds. The summed E-state index contributed by atoms with van der Waals surface area (Å²) in [5.41, 5.74) is 31.4. The van der Waals surface area contributed by atoms with Gasteiger partial charge in [0.1, 0.15) is 23.0 Å². The Morgan fingerprint density at radius 2 is 0.660 bits per heavy atom. The van der Waals surface area contributed by atoms with Gasteiger partial charge < -0.3 is 28.4 Å². The Labute approximate surface area is 618 Å². The molecule has 6 heterocycles. The summed E-state index contributed by atoms with van der Waals surface area (Å²) < 4.78 is 19.4. The number of aromatic nitrogens is 2. The molecule has 17 aromatic rings. The highest BCUT2D eigenvalue weighted by atomic mass is 16.5. The molecule has 4 aliphatic heterocycles. The maximum absolute atomic E-state index is 7.21. The van der Waals surface area contributed by atoms with Crippen LogP contribution in [0.2, 0.25) is 0 Å². The van der Waals surface area contributed by atoms with Crippen LogP contribution in [0.25, 0.3) is 99.5 Å². The van der Waals surface area contributed by atoms with Crippen molar-refractivity contribution in [1.29, 1.82) is 0 Å². The first-order valence-corrected chi connectivity index (χ1v) is 37.1. The molecule has 0 aliphatic carbocycles. The van der Waals surface area contributed by atoms with Crippen molar-refractivity contribution in [2.24, 2.45) is 0 Å². The van der Waals surface area contributed by atoms with Crippen molar-refractivity contribution in [3.63, 3.8) is 0 Å². The van der Waals surface area contributed by atoms with Gasteiger partial charge in [-0.05, 0) is 210 Å². The van der Waals surface area contributed by atoms with Crippen LogP contribution in [0.1, 0.15) is 52.7 Å². The highest BCUT2D eigenvalue weighted by Crippen LogP contribution is 2.52. The first-order valence-electron chi connectivity index (χ1n) is 37.1. The monoisotopic (exact) mass is 1360 g/mol. The predicted molar refractivity (Wildman–Crippen MR) is 446 cm³/mol. The molecular formula is C98H72B2N4O2. The molecule has 106 heavy (non-hydrogen) atoms. The van der Waals surface area contributed by atoms with Crippen molar-refractivity contribution >= 4 is 124 Å². The minimum atomic E-state index is -0.264. The second-order valence-corrected chi connectivity index (χ2v) is 31.2. The Bertz CT molecular complexity index is 6270. The van der Waals surface area contributed by atoms with E-state index in [9.17, 15) is 0 Å². The summed E-state index contributed by atoms with van der Waals surface area (Å²) in [6.07, 6.45) is 0. The molecule has 2 aromatic heterocycles. The maximum Gasteiger partial charge on any atom is 0.260 e. The topological polar surface area (TPSA) is 34.8 Å². The summed E-state index contributed by atoms with van der Waals surface area (Å²) in [5, 5.41) is 4.93. The van der Waals surface area contributed by atoms with Crippen LogP contribution in [0.4, 0.5) is 34.1 Å². The van der Waals surface area contributed by atoms with Gasteiger partial charge in [-0.15, -0.1) is 0 Å². The summed E-state index contributed by atoms with van der Waals surface area (Å²) in [5.74, 6) is 3.27. The fraction of sp³-hybridized carbons (Fsp3) is 0.0816. The smallest absolute Gasteiger partial charge is 0.260 e. The molecule has 15 aromatic carbocycles. The Morgan fingerprint density at radius 3 is 1.19 bits per heavy atom. The van der Waals surface area contributed by atoms with Crippen LogP contribution >= 0.6 is 0 Å². The maximum atomic E-state index is 7.21. The number of benzene rings is 15. The minimum absolute atomic E-state index is 0.0612. The molecule has 0 spiro atoms. The van der Waals surface area contributed by atoms with Crippen molar-refractivity contribution in [1.82, 2.24) is 9.13 Å². The molecule has 502 valence electrons. The summed E-state index contributed by atoms with van der Waals surface area (Å²) in [6, 6.07) is 122. The number of fused-ring (bicyclic) bond motifs is 14. The second-order valence-electron chi connectivity index (χ2n) is 31.2. The molecule has 0 N–H and O–H groups in total.